The topological polar surface area (TPSA) is 212 Å². The lowest BCUT2D eigenvalue weighted by molar-refractivity contribution is -0.192. The Kier molecular flexibility index (Phi) is 11.7. The number of primary sulfonamides is 1. The number of aliphatic imine (C=N–C) groups is 1. The fraction of sp³-hybridized carbons (Fsp3) is 0.273. The minimum Gasteiger partial charge on any atom is -0.493 e. The molecule has 7 N–H and O–H groups in total. The summed E-state index contributed by atoms with van der Waals surface area (Å²) in [6.07, 6.45) is -5.08. The Morgan fingerprint density at radius 3 is 2.13 bits per heavy atom. The molecule has 2 aromatic carbocycles. The minimum absolute atomic E-state index is 0.00230. The number of nitrogens with one attached hydrogen (secondary N) is 2. The van der Waals surface area contributed by atoms with Crippen LogP contribution in [0.2, 0.25) is 0 Å². The van der Waals surface area contributed by atoms with Gasteiger partial charge in [-0.25, -0.2) is 23.3 Å². The van der Waals surface area contributed by atoms with Crippen LogP contribution in [-0.4, -0.2) is 64.2 Å². The number of carboxylic acids is 1. The molecule has 2 aromatic rings. The number of nitrogens with two attached hydrogens (primary N) is 2. The van der Waals surface area contributed by atoms with Gasteiger partial charge in [0.15, 0.2) is 17.5 Å². The van der Waals surface area contributed by atoms with E-state index in [1.54, 1.807) is 25.1 Å². The third-order valence-corrected chi connectivity index (χ3v) is 5.44. The molecule has 0 bridgehead atoms. The fourth-order valence-electron chi connectivity index (χ4n) is 2.66. The molecule has 0 atom stereocenters. The van der Waals surface area contributed by atoms with E-state index in [9.17, 15) is 31.2 Å². The SMILES string of the molecule is COc1ccc(CC(=O)NC(N)=NCC(=O)Nc2cc(S(N)(=O)=O)ccc2C)cc1OC.O=C(O)C(F)(F)F. The molecule has 2 amide bonds. The van der Waals surface area contributed by atoms with Gasteiger partial charge in [0.2, 0.25) is 21.8 Å². The van der Waals surface area contributed by atoms with Gasteiger partial charge in [-0.15, -0.1) is 0 Å². The Bertz CT molecular complexity index is 1350. The zero-order valence-electron chi connectivity index (χ0n) is 20.8. The third-order valence-electron chi connectivity index (χ3n) is 4.53. The molecule has 13 nitrogen and oxygen atoms in total. The standard InChI is InChI=1S/C20H25N5O6S.C2HF3O2/c1-12-4-6-14(32(22,28)29)10-15(12)24-19(27)11-23-20(21)25-18(26)9-13-5-7-16(30-2)17(8-13)31-3;3-2(4,5)1(6)7/h4-8,10H,9,11H2,1-3H3,(H,24,27)(H2,22,28,29)(H3,21,23,25,26);(H,6,7). The number of hydrogen-bond acceptors (Lipinski definition) is 8. The molecular weight excluding hydrogens is 551 g/mol. The molecule has 0 aromatic heterocycles. The number of amides is 2. The Morgan fingerprint density at radius 2 is 1.62 bits per heavy atom. The van der Waals surface area contributed by atoms with Crippen molar-refractivity contribution in [3.8, 4) is 11.5 Å². The fourth-order valence-corrected chi connectivity index (χ4v) is 3.20. The summed E-state index contributed by atoms with van der Waals surface area (Å²) in [5, 5.41) is 17.2. The summed E-state index contributed by atoms with van der Waals surface area (Å²) < 4.78 is 65.0. The predicted octanol–water partition coefficient (Wildman–Crippen LogP) is 0.905. The lowest BCUT2D eigenvalue weighted by atomic mass is 10.1. The average Bonchev–Trinajstić information content (AvgIpc) is 2.83. The van der Waals surface area contributed by atoms with Gasteiger partial charge in [-0.3, -0.25) is 14.9 Å². The van der Waals surface area contributed by atoms with Crippen LogP contribution in [0.5, 0.6) is 11.5 Å². The zero-order chi connectivity index (χ0) is 30.0. The van der Waals surface area contributed by atoms with Gasteiger partial charge in [0.1, 0.15) is 6.54 Å². The molecule has 0 saturated heterocycles. The van der Waals surface area contributed by atoms with Crippen LogP contribution in [0.25, 0.3) is 0 Å². The molecular formula is C22H26F3N5O8S. The molecule has 0 aliphatic rings. The van der Waals surface area contributed by atoms with Crippen molar-refractivity contribution in [2.45, 2.75) is 24.4 Å². The van der Waals surface area contributed by atoms with Gasteiger partial charge in [0, 0.05) is 5.69 Å². The molecule has 0 spiro atoms. The first-order chi connectivity index (χ1) is 18.0. The van der Waals surface area contributed by atoms with Crippen molar-refractivity contribution in [3.05, 3.63) is 47.5 Å². The summed E-state index contributed by atoms with van der Waals surface area (Å²) in [6, 6.07) is 9.15. The number of halogens is 3. The highest BCUT2D eigenvalue weighted by Gasteiger charge is 2.38. The van der Waals surface area contributed by atoms with E-state index in [4.69, 9.17) is 30.2 Å². The molecule has 39 heavy (non-hydrogen) atoms. The third kappa shape index (κ3) is 11.3. The van der Waals surface area contributed by atoms with Crippen molar-refractivity contribution in [2.75, 3.05) is 26.1 Å². The van der Waals surface area contributed by atoms with Crippen molar-refractivity contribution in [2.24, 2.45) is 15.9 Å². The molecule has 0 fully saturated rings. The largest absolute Gasteiger partial charge is 0.493 e. The van der Waals surface area contributed by atoms with Gasteiger partial charge >= 0.3 is 12.1 Å². The average molecular weight is 578 g/mol. The first-order valence-corrected chi connectivity index (χ1v) is 12.1. The quantitative estimate of drug-likeness (QED) is 0.222. The highest BCUT2D eigenvalue weighted by molar-refractivity contribution is 7.89. The van der Waals surface area contributed by atoms with Crippen LogP contribution in [0.15, 0.2) is 46.3 Å². The number of aliphatic carboxylic acids is 1. The van der Waals surface area contributed by atoms with Gasteiger partial charge in [-0.2, -0.15) is 13.2 Å². The molecule has 0 unspecified atom stereocenters. The van der Waals surface area contributed by atoms with Crippen molar-refractivity contribution in [3.63, 3.8) is 0 Å². The number of rotatable bonds is 8. The van der Waals surface area contributed by atoms with Gasteiger partial charge < -0.3 is 25.6 Å². The first kappa shape index (κ1) is 32.6. The molecule has 0 saturated carbocycles. The molecule has 214 valence electrons. The summed E-state index contributed by atoms with van der Waals surface area (Å²) in [7, 11) is -0.913. The number of carbonyl (C=O) groups is 3. The Hall–Kier alpha value is -4.38. The number of hydrogen-bond donors (Lipinski definition) is 5. The lowest BCUT2D eigenvalue weighted by Crippen LogP contribution is -2.38. The van der Waals surface area contributed by atoms with E-state index in [1.807, 2.05) is 0 Å². The number of methoxy groups -OCH3 is 2. The maximum absolute atomic E-state index is 12.2. The maximum Gasteiger partial charge on any atom is 0.490 e. The van der Waals surface area contributed by atoms with E-state index < -0.39 is 34.0 Å². The van der Waals surface area contributed by atoms with Crippen molar-refractivity contribution < 1.29 is 50.6 Å². The number of alkyl halides is 3. The van der Waals surface area contributed by atoms with Gasteiger partial charge in [-0.05, 0) is 42.3 Å². The minimum atomic E-state index is -5.08. The van der Waals surface area contributed by atoms with Crippen LogP contribution in [0.1, 0.15) is 11.1 Å². The molecule has 0 aliphatic heterocycles. The number of carboxylic acid groups (broad SMARTS) is 1. The van der Waals surface area contributed by atoms with Gasteiger partial charge in [-0.1, -0.05) is 12.1 Å². The number of aryl methyl sites for hydroxylation is 1. The summed E-state index contributed by atoms with van der Waals surface area (Å²) in [5.74, 6) is -2.97. The van der Waals surface area contributed by atoms with E-state index in [1.165, 1.54) is 32.4 Å². The van der Waals surface area contributed by atoms with Gasteiger partial charge in [0.05, 0.1) is 25.5 Å². The Labute approximate surface area is 221 Å². The first-order valence-electron chi connectivity index (χ1n) is 10.5. The number of carbonyl (C=O) groups excluding carboxylic acids is 2. The lowest BCUT2D eigenvalue weighted by Gasteiger charge is -2.10. The number of ether oxygens (including phenoxy) is 2. The molecule has 0 radical (unpaired) electrons. The Balaban J connectivity index is 0.000000956. The molecule has 17 heteroatoms. The van der Waals surface area contributed by atoms with Crippen LogP contribution in [0.4, 0.5) is 18.9 Å². The van der Waals surface area contributed by atoms with E-state index in [0.29, 0.717) is 22.6 Å². The van der Waals surface area contributed by atoms with Crippen LogP contribution < -0.4 is 31.0 Å². The second kappa shape index (κ2) is 14.0. The van der Waals surface area contributed by atoms with Crippen molar-refractivity contribution in [1.82, 2.24) is 5.32 Å². The smallest absolute Gasteiger partial charge is 0.490 e. The van der Waals surface area contributed by atoms with Crippen LogP contribution in [0.3, 0.4) is 0 Å². The second-order valence-electron chi connectivity index (χ2n) is 7.49. The van der Waals surface area contributed by atoms with Crippen LogP contribution >= 0.6 is 0 Å². The highest BCUT2D eigenvalue weighted by atomic mass is 32.2. The van der Waals surface area contributed by atoms with Crippen LogP contribution in [0, 0.1) is 6.92 Å². The highest BCUT2D eigenvalue weighted by Crippen LogP contribution is 2.27. The monoisotopic (exact) mass is 577 g/mol. The number of anilines is 1. The Morgan fingerprint density at radius 1 is 1.03 bits per heavy atom. The summed E-state index contributed by atoms with van der Waals surface area (Å²) in [6.45, 7) is 1.30. The molecule has 2 rings (SSSR count). The van der Waals surface area contributed by atoms with Crippen molar-refractivity contribution >= 4 is 39.5 Å². The number of benzene rings is 2. The second-order valence-corrected chi connectivity index (χ2v) is 9.05. The summed E-state index contributed by atoms with van der Waals surface area (Å²) in [4.78, 5) is 36.9. The number of guanidine groups is 1. The number of nitrogens with zero attached hydrogens (tertiary/aromatic N) is 1. The van der Waals surface area contributed by atoms with Gasteiger partial charge in [0.25, 0.3) is 0 Å². The van der Waals surface area contributed by atoms with Crippen LogP contribution in [-0.2, 0) is 30.8 Å². The van der Waals surface area contributed by atoms with E-state index in [0.717, 1.165) is 0 Å². The summed E-state index contributed by atoms with van der Waals surface area (Å²) in [5.41, 5.74) is 7.24. The molecule has 0 aliphatic carbocycles. The summed E-state index contributed by atoms with van der Waals surface area (Å²) >= 11 is 0. The molecule has 0 heterocycles. The van der Waals surface area contributed by atoms with E-state index in [2.05, 4.69) is 15.6 Å². The zero-order valence-corrected chi connectivity index (χ0v) is 21.6. The van der Waals surface area contributed by atoms with E-state index in [-0.39, 0.29) is 29.5 Å². The number of sulfonamides is 1. The maximum atomic E-state index is 12.2. The van der Waals surface area contributed by atoms with E-state index >= 15 is 0 Å². The predicted molar refractivity (Wildman–Crippen MR) is 133 cm³/mol. The normalized spacial score (nSPS) is 11.5. The van der Waals surface area contributed by atoms with Crippen molar-refractivity contribution in [1.29, 1.82) is 0 Å².